The number of rotatable bonds is 2. The summed E-state index contributed by atoms with van der Waals surface area (Å²) in [6, 6.07) is 1.48. The van der Waals surface area contributed by atoms with Gasteiger partial charge < -0.3 is 4.98 Å². The van der Waals surface area contributed by atoms with E-state index in [1.54, 1.807) is 0 Å². The van der Waals surface area contributed by atoms with Gasteiger partial charge >= 0.3 is 0 Å². The van der Waals surface area contributed by atoms with E-state index in [0.29, 0.717) is 5.82 Å². The van der Waals surface area contributed by atoms with E-state index in [1.807, 2.05) is 6.92 Å². The Bertz CT molecular complexity index is 269. The van der Waals surface area contributed by atoms with Gasteiger partial charge in [-0.1, -0.05) is 6.92 Å². The van der Waals surface area contributed by atoms with E-state index in [2.05, 4.69) is 9.97 Å². The molecule has 11 heavy (non-hydrogen) atoms. The molecule has 1 heterocycles. The largest absolute Gasteiger partial charge is 0.310 e. The number of halogens is 1. The molecule has 0 bridgehead atoms. The summed E-state index contributed by atoms with van der Waals surface area (Å²) in [6.07, 6.45) is 0.758. The van der Waals surface area contributed by atoms with Crippen molar-refractivity contribution in [3.63, 3.8) is 0 Å². The van der Waals surface area contributed by atoms with E-state index in [0.717, 1.165) is 12.1 Å². The van der Waals surface area contributed by atoms with Gasteiger partial charge in [0, 0.05) is 11.8 Å². The van der Waals surface area contributed by atoms with Gasteiger partial charge in [-0.15, -0.1) is 11.6 Å². The molecular weight excluding hydrogens is 164 g/mol. The minimum Gasteiger partial charge on any atom is -0.310 e. The number of alkyl halides is 1. The number of nitrogens with zero attached hydrogens (tertiary/aromatic N) is 1. The lowest BCUT2D eigenvalue weighted by Crippen LogP contribution is -2.11. The van der Waals surface area contributed by atoms with Crippen LogP contribution in [-0.2, 0) is 12.3 Å². The molecule has 0 aliphatic carbocycles. The van der Waals surface area contributed by atoms with E-state index in [1.165, 1.54) is 6.07 Å². The second kappa shape index (κ2) is 3.53. The molecule has 0 amide bonds. The fourth-order valence-electron chi connectivity index (χ4n) is 0.808. The number of H-pyrrole nitrogens is 1. The number of nitrogens with one attached hydrogen (secondary N) is 1. The second-order valence-electron chi connectivity index (χ2n) is 2.17. The predicted octanol–water partition coefficient (Wildman–Crippen LogP) is 1.07. The van der Waals surface area contributed by atoms with E-state index in [4.69, 9.17) is 11.6 Å². The first-order chi connectivity index (χ1) is 5.26. The molecule has 0 radical (unpaired) electrons. The average molecular weight is 173 g/mol. The molecule has 0 aromatic carbocycles. The smallest absolute Gasteiger partial charge is 0.251 e. The number of aromatic amines is 1. The summed E-state index contributed by atoms with van der Waals surface area (Å²) in [5.41, 5.74) is 0.650. The first-order valence-corrected chi connectivity index (χ1v) is 3.94. The molecule has 0 spiro atoms. The molecule has 0 saturated heterocycles. The maximum atomic E-state index is 10.9. The zero-order valence-electron chi connectivity index (χ0n) is 6.22. The van der Waals surface area contributed by atoms with Crippen molar-refractivity contribution >= 4 is 11.6 Å². The van der Waals surface area contributed by atoms with E-state index < -0.39 is 0 Å². The second-order valence-corrected chi connectivity index (χ2v) is 2.44. The van der Waals surface area contributed by atoms with Gasteiger partial charge in [-0.25, -0.2) is 4.98 Å². The SMILES string of the molecule is CCc1cc(=O)[nH]c(CCl)n1. The Kier molecular flexibility index (Phi) is 2.65. The van der Waals surface area contributed by atoms with Gasteiger partial charge in [0.25, 0.3) is 5.56 Å². The molecule has 0 unspecified atom stereocenters. The molecule has 0 aliphatic heterocycles. The lowest BCUT2D eigenvalue weighted by Gasteiger charge is -1.96. The normalized spacial score (nSPS) is 10.0. The Hall–Kier alpha value is -0.830. The van der Waals surface area contributed by atoms with E-state index >= 15 is 0 Å². The van der Waals surface area contributed by atoms with Crippen molar-refractivity contribution in [2.24, 2.45) is 0 Å². The first kappa shape index (κ1) is 8.27. The van der Waals surface area contributed by atoms with Crippen LogP contribution in [0.1, 0.15) is 18.4 Å². The van der Waals surface area contributed by atoms with Crippen molar-refractivity contribution < 1.29 is 0 Å². The molecular formula is C7H9ClN2O. The summed E-state index contributed by atoms with van der Waals surface area (Å²) in [5.74, 6) is 0.791. The van der Waals surface area contributed by atoms with Gasteiger partial charge in [-0.2, -0.15) is 0 Å². The molecule has 1 aromatic heterocycles. The molecule has 1 N–H and O–H groups in total. The van der Waals surface area contributed by atoms with Gasteiger partial charge in [0.15, 0.2) is 0 Å². The average Bonchev–Trinajstić information content (AvgIpc) is 2.03. The van der Waals surface area contributed by atoms with Crippen molar-refractivity contribution in [2.45, 2.75) is 19.2 Å². The third kappa shape index (κ3) is 2.05. The van der Waals surface area contributed by atoms with Crippen LogP contribution < -0.4 is 5.56 Å². The summed E-state index contributed by atoms with van der Waals surface area (Å²) in [6.45, 7) is 1.94. The Labute approximate surface area is 69.4 Å². The number of hydrogen-bond acceptors (Lipinski definition) is 2. The molecule has 0 atom stereocenters. The molecule has 0 saturated carbocycles. The minimum absolute atomic E-state index is 0.132. The van der Waals surface area contributed by atoms with Crippen LogP contribution in [0.2, 0.25) is 0 Å². The van der Waals surface area contributed by atoms with Crippen LogP contribution in [0.3, 0.4) is 0 Å². The zero-order chi connectivity index (χ0) is 8.27. The molecule has 0 aliphatic rings. The lowest BCUT2D eigenvalue weighted by atomic mass is 10.3. The quantitative estimate of drug-likeness (QED) is 0.679. The van der Waals surface area contributed by atoms with Gasteiger partial charge in [0.1, 0.15) is 5.82 Å². The highest BCUT2D eigenvalue weighted by atomic mass is 35.5. The Balaban J connectivity index is 3.12. The third-order valence-corrected chi connectivity index (χ3v) is 1.59. The van der Waals surface area contributed by atoms with Crippen LogP contribution in [0, 0.1) is 0 Å². The van der Waals surface area contributed by atoms with Gasteiger partial charge in [-0.05, 0) is 6.42 Å². The summed E-state index contributed by atoms with van der Waals surface area (Å²) in [7, 11) is 0. The van der Waals surface area contributed by atoms with E-state index in [-0.39, 0.29) is 11.4 Å². The molecule has 3 nitrogen and oxygen atoms in total. The standard InChI is InChI=1S/C7H9ClN2O/c1-2-5-3-7(11)10-6(4-8)9-5/h3H,2,4H2,1H3,(H,9,10,11). The van der Waals surface area contributed by atoms with Crippen LogP contribution in [0.4, 0.5) is 0 Å². The van der Waals surface area contributed by atoms with Gasteiger partial charge in [0.2, 0.25) is 0 Å². The summed E-state index contributed by atoms with van der Waals surface area (Å²) in [4.78, 5) is 17.5. The van der Waals surface area contributed by atoms with Crippen molar-refractivity contribution in [3.8, 4) is 0 Å². The first-order valence-electron chi connectivity index (χ1n) is 3.41. The number of aromatic nitrogens is 2. The third-order valence-electron chi connectivity index (χ3n) is 1.33. The number of hydrogen-bond donors (Lipinski definition) is 1. The van der Waals surface area contributed by atoms with Crippen LogP contribution in [-0.4, -0.2) is 9.97 Å². The van der Waals surface area contributed by atoms with Crippen molar-refractivity contribution in [1.82, 2.24) is 9.97 Å². The molecule has 4 heteroatoms. The Morgan fingerprint density at radius 2 is 2.45 bits per heavy atom. The van der Waals surface area contributed by atoms with Crippen LogP contribution in [0.15, 0.2) is 10.9 Å². The maximum absolute atomic E-state index is 10.9. The molecule has 1 rings (SSSR count). The van der Waals surface area contributed by atoms with Crippen LogP contribution in [0.25, 0.3) is 0 Å². The predicted molar refractivity (Wildman–Crippen MR) is 43.8 cm³/mol. The molecule has 1 aromatic rings. The van der Waals surface area contributed by atoms with Crippen molar-refractivity contribution in [2.75, 3.05) is 0 Å². The zero-order valence-corrected chi connectivity index (χ0v) is 6.98. The Morgan fingerprint density at radius 3 is 3.00 bits per heavy atom. The van der Waals surface area contributed by atoms with Crippen LogP contribution >= 0.6 is 11.6 Å². The fraction of sp³-hybridized carbons (Fsp3) is 0.429. The number of aryl methyl sites for hydroxylation is 1. The van der Waals surface area contributed by atoms with Crippen LogP contribution in [0.5, 0.6) is 0 Å². The molecule has 0 fully saturated rings. The molecule has 60 valence electrons. The lowest BCUT2D eigenvalue weighted by molar-refractivity contribution is 0.918. The van der Waals surface area contributed by atoms with Gasteiger partial charge in [-0.3, -0.25) is 4.79 Å². The summed E-state index contributed by atoms with van der Waals surface area (Å²) >= 11 is 5.50. The highest BCUT2D eigenvalue weighted by Crippen LogP contribution is 1.95. The minimum atomic E-state index is -0.132. The topological polar surface area (TPSA) is 45.8 Å². The summed E-state index contributed by atoms with van der Waals surface area (Å²) in [5, 5.41) is 0. The highest BCUT2D eigenvalue weighted by Gasteiger charge is 1.96. The fourth-order valence-corrected chi connectivity index (χ4v) is 0.934. The van der Waals surface area contributed by atoms with Crippen molar-refractivity contribution in [1.29, 1.82) is 0 Å². The van der Waals surface area contributed by atoms with Crippen molar-refractivity contribution in [3.05, 3.63) is 27.9 Å². The monoisotopic (exact) mass is 172 g/mol. The van der Waals surface area contributed by atoms with Gasteiger partial charge in [0.05, 0.1) is 5.88 Å². The Morgan fingerprint density at radius 1 is 1.73 bits per heavy atom. The highest BCUT2D eigenvalue weighted by molar-refractivity contribution is 6.16. The summed E-state index contributed by atoms with van der Waals surface area (Å²) < 4.78 is 0. The maximum Gasteiger partial charge on any atom is 0.251 e. The van der Waals surface area contributed by atoms with E-state index in [9.17, 15) is 4.79 Å².